The van der Waals surface area contributed by atoms with Crippen LogP contribution in [0.2, 0.25) is 0 Å². The Balaban J connectivity index is 1.43. The third-order valence-corrected chi connectivity index (χ3v) is 6.06. The summed E-state index contributed by atoms with van der Waals surface area (Å²) in [6.07, 6.45) is 7.92. The van der Waals surface area contributed by atoms with Crippen molar-refractivity contribution < 1.29 is 18.3 Å². The lowest BCUT2D eigenvalue weighted by Gasteiger charge is -2.24. The number of ether oxygens (including phenoxy) is 1. The number of rotatable bonds is 5. The predicted molar refractivity (Wildman–Crippen MR) is 124 cm³/mol. The molecule has 1 saturated heterocycles. The van der Waals surface area contributed by atoms with E-state index in [9.17, 15) is 9.18 Å². The lowest BCUT2D eigenvalue weighted by molar-refractivity contribution is -0.126. The minimum Gasteiger partial charge on any atom is -0.495 e. The van der Waals surface area contributed by atoms with Crippen LogP contribution in [0, 0.1) is 12.7 Å². The van der Waals surface area contributed by atoms with E-state index in [0.717, 1.165) is 16.9 Å². The molecule has 1 aliphatic heterocycles. The van der Waals surface area contributed by atoms with E-state index in [-0.39, 0.29) is 18.1 Å². The first-order chi connectivity index (χ1) is 15.9. The van der Waals surface area contributed by atoms with Gasteiger partial charge in [-0.15, -0.1) is 0 Å². The van der Waals surface area contributed by atoms with Crippen LogP contribution in [0.3, 0.4) is 0 Å². The Morgan fingerprint density at radius 3 is 2.64 bits per heavy atom. The first-order valence-corrected chi connectivity index (χ1v) is 11.0. The number of hydrogen-bond donors (Lipinski definition) is 0. The van der Waals surface area contributed by atoms with Crippen molar-refractivity contribution in [3.05, 3.63) is 83.7 Å². The molecule has 0 radical (unpaired) electrons. The molecule has 1 aromatic heterocycles. The lowest BCUT2D eigenvalue weighted by atomic mass is 9.89. The van der Waals surface area contributed by atoms with Gasteiger partial charge in [0.25, 0.3) is 0 Å². The Hall–Kier alpha value is -3.48. The van der Waals surface area contributed by atoms with Crippen LogP contribution in [0.5, 0.6) is 5.75 Å². The fourth-order valence-corrected chi connectivity index (χ4v) is 4.19. The van der Waals surface area contributed by atoms with Gasteiger partial charge in [-0.2, -0.15) is 0 Å². The van der Waals surface area contributed by atoms with Crippen LogP contribution in [-0.4, -0.2) is 40.6 Å². The van der Waals surface area contributed by atoms with E-state index in [2.05, 4.69) is 4.98 Å². The predicted octanol–water partition coefficient (Wildman–Crippen LogP) is 5.22. The van der Waals surface area contributed by atoms with E-state index in [1.165, 1.54) is 30.3 Å². The second-order valence-corrected chi connectivity index (χ2v) is 8.34. The van der Waals surface area contributed by atoms with Crippen molar-refractivity contribution in [2.24, 2.45) is 0 Å². The average molecular weight is 452 g/mol. The molecule has 0 bridgehead atoms. The number of carbonyl (C=O) groups is 1. The number of aryl methyl sites for hydroxylation is 1. The molecule has 1 aliphatic rings. The lowest BCUT2D eigenvalue weighted by Crippen LogP contribution is -2.31. The molecular weight excluding hydrogens is 424 g/mol. The van der Waals surface area contributed by atoms with Gasteiger partial charge in [0.1, 0.15) is 17.2 Å². The number of likely N-dealkylation sites (tertiary alicyclic amines) is 1. The van der Waals surface area contributed by atoms with Crippen molar-refractivity contribution >= 4 is 12.0 Å². The smallest absolute Gasteiger partial charge is 0.246 e. The molecule has 0 spiro atoms. The van der Waals surface area contributed by atoms with Crippen LogP contribution in [-0.2, 0) is 10.5 Å². The van der Waals surface area contributed by atoms with Gasteiger partial charge in [-0.3, -0.25) is 4.79 Å². The van der Waals surface area contributed by atoms with Crippen LogP contribution in [0.15, 0.2) is 61.1 Å². The number of methoxy groups -OCH3 is 1. The number of alkyl halides is 1. The van der Waals surface area contributed by atoms with Crippen molar-refractivity contribution in [2.45, 2.75) is 31.9 Å². The van der Waals surface area contributed by atoms with E-state index in [0.29, 0.717) is 37.2 Å². The van der Waals surface area contributed by atoms with E-state index in [1.807, 2.05) is 35.9 Å². The van der Waals surface area contributed by atoms with Gasteiger partial charge in [0.2, 0.25) is 5.91 Å². The highest BCUT2D eigenvalue weighted by Crippen LogP contribution is 2.37. The second-order valence-electron chi connectivity index (χ2n) is 8.34. The third kappa shape index (κ3) is 5.13. The van der Waals surface area contributed by atoms with E-state index in [4.69, 9.17) is 4.74 Å². The van der Waals surface area contributed by atoms with Crippen LogP contribution in [0.1, 0.15) is 36.1 Å². The molecule has 2 heterocycles. The molecule has 4 rings (SSSR count). The molecule has 172 valence electrons. The molecule has 33 heavy (non-hydrogen) atoms. The summed E-state index contributed by atoms with van der Waals surface area (Å²) >= 11 is 0. The molecule has 0 saturated carbocycles. The van der Waals surface area contributed by atoms with Crippen molar-refractivity contribution in [3.8, 4) is 11.4 Å². The van der Waals surface area contributed by atoms with E-state index in [1.54, 1.807) is 24.4 Å². The summed E-state index contributed by atoms with van der Waals surface area (Å²) in [6, 6.07) is 11.2. The minimum atomic E-state index is -1.55. The summed E-state index contributed by atoms with van der Waals surface area (Å²) in [7, 11) is 1.60. The van der Waals surface area contributed by atoms with Crippen LogP contribution in [0.25, 0.3) is 11.8 Å². The highest BCUT2D eigenvalue weighted by atomic mass is 19.1. The summed E-state index contributed by atoms with van der Waals surface area (Å²) < 4.78 is 36.2. The zero-order valence-corrected chi connectivity index (χ0v) is 18.8. The van der Waals surface area contributed by atoms with E-state index < -0.39 is 5.67 Å². The maximum absolute atomic E-state index is 15.5. The van der Waals surface area contributed by atoms with Gasteiger partial charge >= 0.3 is 0 Å². The monoisotopic (exact) mass is 451 g/mol. The number of carbonyl (C=O) groups excluding carboxylic acids is 1. The Kier molecular flexibility index (Phi) is 6.58. The first kappa shape index (κ1) is 22.7. The third-order valence-electron chi connectivity index (χ3n) is 6.06. The zero-order chi connectivity index (χ0) is 23.4. The molecule has 1 unspecified atom stereocenters. The van der Waals surface area contributed by atoms with Gasteiger partial charge in [0.15, 0.2) is 0 Å². The first-order valence-electron chi connectivity index (χ1n) is 11.0. The summed E-state index contributed by atoms with van der Waals surface area (Å²) in [6.45, 7) is 2.71. The molecular formula is C26H27F2N3O2. The summed E-state index contributed by atoms with van der Waals surface area (Å²) in [5.74, 6) is 0.118. The van der Waals surface area contributed by atoms with Gasteiger partial charge < -0.3 is 14.2 Å². The van der Waals surface area contributed by atoms with Crippen LogP contribution in [0.4, 0.5) is 8.78 Å². The number of nitrogens with zero attached hydrogens (tertiary/aromatic N) is 3. The molecule has 0 aliphatic carbocycles. The van der Waals surface area contributed by atoms with Crippen molar-refractivity contribution in [2.75, 3.05) is 20.2 Å². The molecule has 2 aromatic carbocycles. The van der Waals surface area contributed by atoms with Crippen LogP contribution >= 0.6 is 0 Å². The Labute approximate surface area is 192 Å². The Morgan fingerprint density at radius 2 is 1.94 bits per heavy atom. The number of halogens is 2. The van der Waals surface area contributed by atoms with Crippen LogP contribution < -0.4 is 4.74 Å². The molecule has 7 heteroatoms. The maximum atomic E-state index is 15.5. The average Bonchev–Trinajstić information content (AvgIpc) is 3.15. The molecule has 1 fully saturated rings. The zero-order valence-electron chi connectivity index (χ0n) is 18.8. The quantitative estimate of drug-likeness (QED) is 0.500. The van der Waals surface area contributed by atoms with Gasteiger partial charge in [-0.25, -0.2) is 13.8 Å². The van der Waals surface area contributed by atoms with Crippen molar-refractivity contribution in [1.29, 1.82) is 0 Å². The Bertz CT molecular complexity index is 1160. The second kappa shape index (κ2) is 9.57. The largest absolute Gasteiger partial charge is 0.495 e. The number of imidazole rings is 1. The van der Waals surface area contributed by atoms with E-state index >= 15 is 4.39 Å². The number of hydrogen-bond acceptors (Lipinski definition) is 3. The number of amides is 1. The molecule has 0 N–H and O–H groups in total. The van der Waals surface area contributed by atoms with Gasteiger partial charge in [-0.05, 0) is 61.2 Å². The van der Waals surface area contributed by atoms with Crippen molar-refractivity contribution in [1.82, 2.24) is 14.5 Å². The molecule has 1 atom stereocenters. The van der Waals surface area contributed by atoms with Gasteiger partial charge in [0.05, 0.1) is 24.8 Å². The fourth-order valence-electron chi connectivity index (χ4n) is 4.19. The molecule has 1 amide bonds. The van der Waals surface area contributed by atoms with Gasteiger partial charge in [0, 0.05) is 31.8 Å². The van der Waals surface area contributed by atoms with Gasteiger partial charge in [-0.1, -0.05) is 18.2 Å². The summed E-state index contributed by atoms with van der Waals surface area (Å²) in [5.41, 5.74) is 1.49. The highest BCUT2D eigenvalue weighted by molar-refractivity contribution is 5.92. The Morgan fingerprint density at radius 1 is 1.15 bits per heavy atom. The highest BCUT2D eigenvalue weighted by Gasteiger charge is 2.35. The SMILES string of the molecule is COc1cc(C=CC(=O)N2CCCC(F)(c3ccc(F)cc3)CC2)ccc1-n1cnc(C)c1. The van der Waals surface area contributed by atoms with Crippen molar-refractivity contribution in [3.63, 3.8) is 0 Å². The summed E-state index contributed by atoms with van der Waals surface area (Å²) in [4.78, 5) is 18.7. The standard InChI is InChI=1S/C26H27F2N3O2/c1-19-17-31(18-29-19)23-10-4-20(16-24(23)33-2)5-11-25(32)30-14-3-12-26(28,13-15-30)21-6-8-22(27)9-7-21/h4-11,16-18H,3,12-15H2,1-2H3. The maximum Gasteiger partial charge on any atom is 0.246 e. The topological polar surface area (TPSA) is 47.4 Å². The number of aromatic nitrogens is 2. The summed E-state index contributed by atoms with van der Waals surface area (Å²) in [5, 5.41) is 0. The number of benzene rings is 2. The minimum absolute atomic E-state index is 0.161. The fraction of sp³-hybridized carbons (Fsp3) is 0.308. The normalized spacial score (nSPS) is 19.0. The molecule has 5 nitrogen and oxygen atoms in total. The molecule has 3 aromatic rings.